The lowest BCUT2D eigenvalue weighted by molar-refractivity contribution is 0.0391. The van der Waals surface area contributed by atoms with E-state index in [9.17, 15) is 21.6 Å². The molecule has 13 heteroatoms. The van der Waals surface area contributed by atoms with Crippen molar-refractivity contribution in [2.45, 2.75) is 9.79 Å². The number of nitrogens with zero attached hydrogens (tertiary/aromatic N) is 4. The van der Waals surface area contributed by atoms with Gasteiger partial charge in [-0.05, 0) is 48.5 Å². The molecule has 5 rings (SSSR count). The number of amides is 1. The maximum absolute atomic E-state index is 13.9. The number of hydrogen-bond donors (Lipinski definition) is 0. The molecule has 0 atom stereocenters. The van der Waals surface area contributed by atoms with Crippen LogP contribution in [0, 0.1) is 0 Å². The Hall–Kier alpha value is -3.36. The number of thiazole rings is 1. The van der Waals surface area contributed by atoms with Crippen molar-refractivity contribution >= 4 is 58.1 Å². The van der Waals surface area contributed by atoms with Crippen molar-refractivity contribution in [1.29, 1.82) is 0 Å². The SMILES string of the molecule is CN(c1ccccc1)S(=O)(=O)c1ccc(C(=O)N(CCN2CCOCC2)c2nc3c(S(C)(=O)=O)cccc3s2)cc1. The number of anilines is 2. The first kappa shape index (κ1) is 29.1. The van der Waals surface area contributed by atoms with Gasteiger partial charge in [0.25, 0.3) is 15.9 Å². The van der Waals surface area contributed by atoms with E-state index in [1.54, 1.807) is 36.4 Å². The molecule has 1 aliphatic heterocycles. The Morgan fingerprint density at radius 2 is 1.63 bits per heavy atom. The maximum atomic E-state index is 13.9. The molecule has 1 saturated heterocycles. The van der Waals surface area contributed by atoms with Gasteiger partial charge in [0.2, 0.25) is 0 Å². The van der Waals surface area contributed by atoms with Gasteiger partial charge in [-0.1, -0.05) is 35.6 Å². The number of fused-ring (bicyclic) bond motifs is 1. The summed E-state index contributed by atoms with van der Waals surface area (Å²) in [5.41, 5.74) is 1.13. The Labute approximate surface area is 243 Å². The van der Waals surface area contributed by atoms with Crippen LogP contribution in [-0.4, -0.2) is 85.3 Å². The first-order chi connectivity index (χ1) is 19.6. The Morgan fingerprint density at radius 3 is 2.29 bits per heavy atom. The second kappa shape index (κ2) is 11.9. The van der Waals surface area contributed by atoms with Gasteiger partial charge in [0, 0.05) is 45.0 Å². The minimum atomic E-state index is -3.84. The van der Waals surface area contributed by atoms with Crippen LogP contribution in [0.2, 0.25) is 0 Å². The monoisotopic (exact) mass is 614 g/mol. The number of sulfonamides is 1. The molecule has 0 unspecified atom stereocenters. The highest BCUT2D eigenvalue weighted by Crippen LogP contribution is 2.33. The lowest BCUT2D eigenvalue weighted by Gasteiger charge is -2.29. The fourth-order valence-electron chi connectivity index (χ4n) is 4.54. The quantitative estimate of drug-likeness (QED) is 0.281. The van der Waals surface area contributed by atoms with Crippen molar-refractivity contribution in [3.05, 3.63) is 78.4 Å². The summed E-state index contributed by atoms with van der Waals surface area (Å²) in [7, 11) is -5.90. The van der Waals surface area contributed by atoms with Crippen molar-refractivity contribution in [2.24, 2.45) is 0 Å². The van der Waals surface area contributed by atoms with Crippen LogP contribution in [-0.2, 0) is 24.6 Å². The van der Waals surface area contributed by atoms with Crippen LogP contribution in [0.1, 0.15) is 10.4 Å². The highest BCUT2D eigenvalue weighted by Gasteiger charge is 2.26. The van der Waals surface area contributed by atoms with Gasteiger partial charge >= 0.3 is 0 Å². The summed E-state index contributed by atoms with van der Waals surface area (Å²) >= 11 is 1.24. The Balaban J connectivity index is 1.46. The van der Waals surface area contributed by atoms with Crippen molar-refractivity contribution in [2.75, 3.05) is 61.9 Å². The maximum Gasteiger partial charge on any atom is 0.264 e. The third kappa shape index (κ3) is 6.28. The third-order valence-corrected chi connectivity index (χ3v) is 10.8. The van der Waals surface area contributed by atoms with Crippen LogP contribution in [0.4, 0.5) is 10.8 Å². The van der Waals surface area contributed by atoms with E-state index in [4.69, 9.17) is 4.74 Å². The lowest BCUT2D eigenvalue weighted by atomic mass is 10.2. The Morgan fingerprint density at radius 1 is 0.951 bits per heavy atom. The summed E-state index contributed by atoms with van der Waals surface area (Å²) in [5, 5.41) is 0.370. The van der Waals surface area contributed by atoms with Crippen LogP contribution in [0.5, 0.6) is 0 Å². The minimum absolute atomic E-state index is 0.0538. The van der Waals surface area contributed by atoms with Crippen LogP contribution < -0.4 is 9.21 Å². The zero-order valence-corrected chi connectivity index (χ0v) is 25.1. The van der Waals surface area contributed by atoms with E-state index >= 15 is 0 Å². The highest BCUT2D eigenvalue weighted by atomic mass is 32.2. The molecule has 2 heterocycles. The molecule has 1 aliphatic rings. The average molecular weight is 615 g/mol. The molecule has 1 fully saturated rings. The normalized spacial score (nSPS) is 14.7. The molecule has 3 aromatic carbocycles. The van der Waals surface area contributed by atoms with Gasteiger partial charge in [-0.25, -0.2) is 21.8 Å². The molecular formula is C28H30N4O6S3. The van der Waals surface area contributed by atoms with Crippen molar-refractivity contribution in [1.82, 2.24) is 9.88 Å². The van der Waals surface area contributed by atoms with Crippen molar-refractivity contribution in [3.8, 4) is 0 Å². The molecule has 0 bridgehead atoms. The summed E-state index contributed by atoms with van der Waals surface area (Å²) in [6, 6.07) is 19.5. The molecule has 0 N–H and O–H groups in total. The van der Waals surface area contributed by atoms with Crippen LogP contribution in [0.3, 0.4) is 0 Å². The van der Waals surface area contributed by atoms with E-state index in [0.29, 0.717) is 47.3 Å². The molecule has 10 nitrogen and oxygen atoms in total. The molecule has 0 radical (unpaired) electrons. The van der Waals surface area contributed by atoms with E-state index in [1.165, 1.54) is 57.9 Å². The zero-order valence-electron chi connectivity index (χ0n) is 22.6. The van der Waals surface area contributed by atoms with E-state index in [0.717, 1.165) is 19.3 Å². The van der Waals surface area contributed by atoms with E-state index in [1.807, 2.05) is 6.07 Å². The largest absolute Gasteiger partial charge is 0.379 e. The molecule has 4 aromatic rings. The lowest BCUT2D eigenvalue weighted by Crippen LogP contribution is -2.43. The van der Waals surface area contributed by atoms with E-state index in [-0.39, 0.29) is 21.3 Å². The van der Waals surface area contributed by atoms with E-state index < -0.39 is 19.9 Å². The van der Waals surface area contributed by atoms with Gasteiger partial charge in [-0.2, -0.15) is 0 Å². The summed E-state index contributed by atoms with van der Waals surface area (Å²) in [6.45, 7) is 3.57. The number of ether oxygens (including phenoxy) is 1. The van der Waals surface area contributed by atoms with Crippen molar-refractivity contribution < 1.29 is 26.4 Å². The number of aromatic nitrogens is 1. The summed E-state index contributed by atoms with van der Waals surface area (Å²) in [5.74, 6) is -0.362. The van der Waals surface area contributed by atoms with Crippen molar-refractivity contribution in [3.63, 3.8) is 0 Å². The molecule has 0 spiro atoms. The molecule has 0 saturated carbocycles. The topological polar surface area (TPSA) is 117 Å². The highest BCUT2D eigenvalue weighted by molar-refractivity contribution is 7.92. The average Bonchev–Trinajstić information content (AvgIpc) is 3.41. The minimum Gasteiger partial charge on any atom is -0.379 e. The number of para-hydroxylation sites is 2. The standard InChI is InChI=1S/C28H30N4O6S3/c1-30(22-7-4-3-5-8-22)41(36,37)23-13-11-21(12-14-23)27(33)32(16-15-31-17-19-38-20-18-31)28-29-26-24(39-28)9-6-10-25(26)40(2,34)35/h3-14H,15-20H2,1-2H3. The molecule has 0 aliphatic carbocycles. The fourth-order valence-corrected chi connectivity index (χ4v) is 7.65. The first-order valence-electron chi connectivity index (χ1n) is 12.9. The Kier molecular flexibility index (Phi) is 8.43. The van der Waals surface area contributed by atoms with Gasteiger partial charge < -0.3 is 4.74 Å². The summed E-state index contributed by atoms with van der Waals surface area (Å²) in [6.07, 6.45) is 1.13. The second-order valence-corrected chi connectivity index (χ2v) is 14.6. The van der Waals surface area contributed by atoms with Gasteiger partial charge in [0.05, 0.1) is 33.4 Å². The van der Waals surface area contributed by atoms with Gasteiger partial charge in [-0.3, -0.25) is 18.9 Å². The third-order valence-electron chi connectivity index (χ3n) is 6.87. The summed E-state index contributed by atoms with van der Waals surface area (Å²) in [4.78, 5) is 22.3. The number of carbonyl (C=O) groups excluding carboxylic acids is 1. The smallest absolute Gasteiger partial charge is 0.264 e. The Bertz CT molecular complexity index is 1750. The number of morpholine rings is 1. The van der Waals surface area contributed by atoms with Crippen LogP contribution in [0.25, 0.3) is 10.2 Å². The molecule has 216 valence electrons. The summed E-state index contributed by atoms with van der Waals surface area (Å²) < 4.78 is 58.5. The van der Waals surface area contributed by atoms with Crippen LogP contribution >= 0.6 is 11.3 Å². The zero-order chi connectivity index (χ0) is 29.2. The predicted molar refractivity (Wildman–Crippen MR) is 160 cm³/mol. The molecule has 1 amide bonds. The number of hydrogen-bond acceptors (Lipinski definition) is 9. The number of rotatable bonds is 9. The first-order valence-corrected chi connectivity index (χ1v) is 17.1. The number of carbonyl (C=O) groups is 1. The van der Waals surface area contributed by atoms with E-state index in [2.05, 4.69) is 9.88 Å². The fraction of sp³-hybridized carbons (Fsp3) is 0.286. The predicted octanol–water partition coefficient (Wildman–Crippen LogP) is 3.50. The number of sulfone groups is 1. The molecule has 1 aromatic heterocycles. The van der Waals surface area contributed by atoms with Gasteiger partial charge in [-0.15, -0.1) is 0 Å². The van der Waals surface area contributed by atoms with Gasteiger partial charge in [0.1, 0.15) is 5.52 Å². The second-order valence-electron chi connectivity index (χ2n) is 9.61. The number of benzene rings is 3. The van der Waals surface area contributed by atoms with Crippen LogP contribution in [0.15, 0.2) is 82.6 Å². The molecular weight excluding hydrogens is 585 g/mol. The molecule has 41 heavy (non-hydrogen) atoms. The van der Waals surface area contributed by atoms with Gasteiger partial charge in [0.15, 0.2) is 15.0 Å².